The molecule has 2 amide bonds. The lowest BCUT2D eigenvalue weighted by atomic mass is 9.96. The zero-order chi connectivity index (χ0) is 18.4. The molecular weight excluding hydrogens is 340 g/mol. The highest BCUT2D eigenvalue weighted by Gasteiger charge is 2.30. The Morgan fingerprint density at radius 3 is 2.20 bits per heavy atom. The maximum absolute atomic E-state index is 12.2. The molecule has 0 aromatic heterocycles. The van der Waals surface area contributed by atoms with Gasteiger partial charge in [0.25, 0.3) is 0 Å². The summed E-state index contributed by atoms with van der Waals surface area (Å²) in [6.07, 6.45) is 5.63. The number of hydrogen-bond acceptors (Lipinski definition) is 4. The molecule has 7 nitrogen and oxygen atoms in total. The minimum Gasteiger partial charge on any atom is -0.444 e. The summed E-state index contributed by atoms with van der Waals surface area (Å²) in [5.74, 6) is -0.208. The van der Waals surface area contributed by atoms with E-state index in [2.05, 4.69) is 16.2 Å². The molecule has 2 rings (SSSR count). The number of nitrogens with one attached hydrogen (secondary N) is 3. The van der Waals surface area contributed by atoms with Gasteiger partial charge in [0.15, 0.2) is 5.11 Å². The average Bonchev–Trinajstić information content (AvgIpc) is 3.04. The first-order valence-corrected chi connectivity index (χ1v) is 9.50. The molecule has 0 aromatic rings. The molecule has 0 unspecified atom stereocenters. The van der Waals surface area contributed by atoms with E-state index in [4.69, 9.17) is 17.0 Å². The molecule has 1 aliphatic heterocycles. The summed E-state index contributed by atoms with van der Waals surface area (Å²) in [7, 11) is 0. The predicted molar refractivity (Wildman–Crippen MR) is 99.8 cm³/mol. The van der Waals surface area contributed by atoms with Gasteiger partial charge in [-0.3, -0.25) is 15.6 Å². The van der Waals surface area contributed by atoms with E-state index in [0.717, 1.165) is 12.8 Å². The second-order valence-corrected chi connectivity index (χ2v) is 8.22. The molecular formula is C17H30N4O3S. The van der Waals surface area contributed by atoms with Crippen LogP contribution in [-0.2, 0) is 9.53 Å². The number of likely N-dealkylation sites (tertiary alicyclic amines) is 1. The summed E-state index contributed by atoms with van der Waals surface area (Å²) in [6, 6.07) is 0.411. The van der Waals surface area contributed by atoms with E-state index in [0.29, 0.717) is 37.1 Å². The summed E-state index contributed by atoms with van der Waals surface area (Å²) in [6.45, 7) is 6.59. The highest BCUT2D eigenvalue weighted by atomic mass is 32.1. The lowest BCUT2D eigenvalue weighted by molar-refractivity contribution is -0.127. The van der Waals surface area contributed by atoms with E-state index in [1.807, 2.05) is 20.8 Å². The second-order valence-electron chi connectivity index (χ2n) is 7.81. The van der Waals surface area contributed by atoms with Crippen molar-refractivity contribution in [3.63, 3.8) is 0 Å². The number of ether oxygens (including phenoxy) is 1. The van der Waals surface area contributed by atoms with Crippen LogP contribution in [0.3, 0.4) is 0 Å². The Balaban J connectivity index is 1.66. The number of nitrogens with zero attached hydrogens (tertiary/aromatic N) is 1. The fourth-order valence-corrected chi connectivity index (χ4v) is 3.38. The largest absolute Gasteiger partial charge is 0.444 e. The standard InChI is InChI=1S/C17H30N4O3S/c1-17(2,3)24-16(23)21-10-8-12(9-11-21)14(22)19-20-15(25)18-13-6-4-5-7-13/h12-13H,4-11H2,1-3H3,(H,19,22)(H2,18,20,25). The minimum absolute atomic E-state index is 0.0839. The van der Waals surface area contributed by atoms with Gasteiger partial charge in [0.2, 0.25) is 5.91 Å². The summed E-state index contributed by atoms with van der Waals surface area (Å²) < 4.78 is 5.36. The maximum Gasteiger partial charge on any atom is 0.410 e. The molecule has 25 heavy (non-hydrogen) atoms. The Bertz CT molecular complexity index is 493. The Kier molecular flexibility index (Phi) is 6.87. The molecule has 1 saturated heterocycles. The van der Waals surface area contributed by atoms with E-state index in [9.17, 15) is 9.59 Å². The number of carbonyl (C=O) groups is 2. The van der Waals surface area contributed by atoms with Gasteiger partial charge in [-0.25, -0.2) is 4.79 Å². The molecule has 8 heteroatoms. The summed E-state index contributed by atoms with van der Waals surface area (Å²) in [5.41, 5.74) is 4.97. The molecule has 0 bridgehead atoms. The molecule has 3 N–H and O–H groups in total. The third kappa shape index (κ3) is 6.68. The highest BCUT2D eigenvalue weighted by molar-refractivity contribution is 7.80. The first-order valence-electron chi connectivity index (χ1n) is 9.09. The zero-order valence-corrected chi connectivity index (χ0v) is 16.2. The molecule has 0 radical (unpaired) electrons. The molecule has 2 fully saturated rings. The van der Waals surface area contributed by atoms with Crippen LogP contribution in [-0.4, -0.2) is 46.7 Å². The first-order chi connectivity index (χ1) is 11.7. The van der Waals surface area contributed by atoms with Gasteiger partial charge < -0.3 is 15.0 Å². The predicted octanol–water partition coefficient (Wildman–Crippen LogP) is 2.07. The molecule has 2 aliphatic rings. The number of hydrogen-bond donors (Lipinski definition) is 3. The van der Waals surface area contributed by atoms with Gasteiger partial charge in [0.1, 0.15) is 5.60 Å². The topological polar surface area (TPSA) is 82.7 Å². The van der Waals surface area contributed by atoms with Gasteiger partial charge in [-0.1, -0.05) is 12.8 Å². The lowest BCUT2D eigenvalue weighted by Crippen LogP contribution is -2.52. The number of carbonyl (C=O) groups excluding carboxylic acids is 2. The molecule has 142 valence electrons. The van der Waals surface area contributed by atoms with Gasteiger partial charge in [-0.2, -0.15) is 0 Å². The number of piperidine rings is 1. The van der Waals surface area contributed by atoms with Crippen LogP contribution < -0.4 is 16.2 Å². The van der Waals surface area contributed by atoms with Crippen LogP contribution in [0.15, 0.2) is 0 Å². The second kappa shape index (κ2) is 8.69. The van der Waals surface area contributed by atoms with Gasteiger partial charge in [-0.05, 0) is 58.7 Å². The Labute approximate surface area is 155 Å². The van der Waals surface area contributed by atoms with Crippen LogP contribution in [0.25, 0.3) is 0 Å². The van der Waals surface area contributed by atoms with Crippen molar-refractivity contribution in [2.45, 2.75) is 70.9 Å². The smallest absolute Gasteiger partial charge is 0.410 e. The Morgan fingerprint density at radius 2 is 1.64 bits per heavy atom. The summed E-state index contributed by atoms with van der Waals surface area (Å²) in [4.78, 5) is 25.9. The van der Waals surface area contributed by atoms with Crippen LogP contribution in [0.4, 0.5) is 4.79 Å². The van der Waals surface area contributed by atoms with Crippen molar-refractivity contribution in [1.29, 1.82) is 0 Å². The zero-order valence-electron chi connectivity index (χ0n) is 15.4. The number of amides is 2. The molecule has 1 saturated carbocycles. The van der Waals surface area contributed by atoms with Crippen LogP contribution in [0.5, 0.6) is 0 Å². The fraction of sp³-hybridized carbons (Fsp3) is 0.824. The van der Waals surface area contributed by atoms with Crippen LogP contribution in [0.1, 0.15) is 59.3 Å². The summed E-state index contributed by atoms with van der Waals surface area (Å²) >= 11 is 5.21. The number of thiocarbonyl (C=S) groups is 1. The van der Waals surface area contributed by atoms with Crippen molar-refractivity contribution in [2.24, 2.45) is 5.92 Å². The van der Waals surface area contributed by atoms with Crippen molar-refractivity contribution in [2.75, 3.05) is 13.1 Å². The van der Waals surface area contributed by atoms with E-state index < -0.39 is 5.60 Å². The molecule has 1 aliphatic carbocycles. The third-order valence-electron chi connectivity index (χ3n) is 4.51. The van der Waals surface area contributed by atoms with Crippen molar-refractivity contribution in [3.05, 3.63) is 0 Å². The lowest BCUT2D eigenvalue weighted by Gasteiger charge is -2.33. The number of hydrazine groups is 1. The van der Waals surface area contributed by atoms with Crippen LogP contribution in [0, 0.1) is 5.92 Å². The van der Waals surface area contributed by atoms with E-state index in [1.54, 1.807) is 4.90 Å². The van der Waals surface area contributed by atoms with Gasteiger partial charge in [0.05, 0.1) is 0 Å². The van der Waals surface area contributed by atoms with Crippen molar-refractivity contribution >= 4 is 29.3 Å². The van der Waals surface area contributed by atoms with Gasteiger partial charge in [-0.15, -0.1) is 0 Å². The maximum atomic E-state index is 12.2. The third-order valence-corrected chi connectivity index (χ3v) is 4.73. The van der Waals surface area contributed by atoms with Gasteiger partial charge >= 0.3 is 6.09 Å². The van der Waals surface area contributed by atoms with Crippen LogP contribution in [0.2, 0.25) is 0 Å². The monoisotopic (exact) mass is 370 g/mol. The number of rotatable bonds is 2. The quantitative estimate of drug-likeness (QED) is 0.510. The van der Waals surface area contributed by atoms with Crippen molar-refractivity contribution < 1.29 is 14.3 Å². The average molecular weight is 371 g/mol. The minimum atomic E-state index is -0.503. The molecule has 1 heterocycles. The van der Waals surface area contributed by atoms with Gasteiger partial charge in [0, 0.05) is 25.0 Å². The Hall–Kier alpha value is -1.57. The van der Waals surface area contributed by atoms with E-state index >= 15 is 0 Å². The molecule has 0 aromatic carbocycles. The highest BCUT2D eigenvalue weighted by Crippen LogP contribution is 2.20. The SMILES string of the molecule is CC(C)(C)OC(=O)N1CCC(C(=O)NNC(=S)NC2CCCC2)CC1. The van der Waals surface area contributed by atoms with Crippen molar-refractivity contribution in [1.82, 2.24) is 21.1 Å². The summed E-state index contributed by atoms with van der Waals surface area (Å²) in [5, 5.41) is 3.68. The van der Waals surface area contributed by atoms with E-state index in [-0.39, 0.29) is 17.9 Å². The molecule has 0 atom stereocenters. The van der Waals surface area contributed by atoms with E-state index in [1.165, 1.54) is 12.8 Å². The fourth-order valence-electron chi connectivity index (χ4n) is 3.16. The molecule has 0 spiro atoms. The first kappa shape index (κ1) is 19.8. The normalized spacial score (nSPS) is 19.4. The Morgan fingerprint density at radius 1 is 1.04 bits per heavy atom. The van der Waals surface area contributed by atoms with Crippen LogP contribution >= 0.6 is 12.2 Å². The van der Waals surface area contributed by atoms with Crippen molar-refractivity contribution in [3.8, 4) is 0 Å².